The molecule has 0 aliphatic heterocycles. The largest absolute Gasteiger partial charge is 0.345 e. The summed E-state index contributed by atoms with van der Waals surface area (Å²) in [6, 6.07) is 8.35. The minimum absolute atomic E-state index is 0.0822. The van der Waals surface area contributed by atoms with Crippen LogP contribution in [-0.4, -0.2) is 20.4 Å². The molecule has 1 fully saturated rings. The van der Waals surface area contributed by atoms with Crippen molar-refractivity contribution in [3.05, 3.63) is 61.9 Å². The third-order valence-corrected chi connectivity index (χ3v) is 6.37. The summed E-state index contributed by atoms with van der Waals surface area (Å²) < 4.78 is 4.76. The van der Waals surface area contributed by atoms with E-state index in [2.05, 4.69) is 45.5 Å². The molecule has 0 atom stereocenters. The summed E-state index contributed by atoms with van der Waals surface area (Å²) in [6.07, 6.45) is 6.90. The Kier molecular flexibility index (Phi) is 5.47. The van der Waals surface area contributed by atoms with Crippen molar-refractivity contribution in [1.29, 1.82) is 0 Å². The smallest absolute Gasteiger partial charge is 0.282 e. The van der Waals surface area contributed by atoms with Gasteiger partial charge in [-0.1, -0.05) is 42.6 Å². The average Bonchev–Trinajstić information content (AvgIpc) is 3.29. The molecule has 5 nitrogen and oxygen atoms in total. The number of fused-ring (bicyclic) bond motifs is 1. The lowest BCUT2D eigenvalue weighted by molar-refractivity contribution is 0.500. The summed E-state index contributed by atoms with van der Waals surface area (Å²) in [5.41, 5.74) is 4.10. The monoisotopic (exact) mass is 454 g/mol. The molecule has 29 heavy (non-hydrogen) atoms. The molecule has 0 unspecified atom stereocenters. The number of hydrogen-bond acceptors (Lipinski definition) is 3. The molecule has 152 valence electrons. The van der Waals surface area contributed by atoms with Gasteiger partial charge in [-0.25, -0.2) is 4.98 Å². The van der Waals surface area contributed by atoms with Crippen LogP contribution in [0.15, 0.2) is 38.6 Å². The number of hydrogen-bond donors (Lipinski definition) is 0. The Bertz CT molecular complexity index is 1150. The first-order chi connectivity index (χ1) is 13.9. The van der Waals surface area contributed by atoms with Crippen molar-refractivity contribution in [2.45, 2.75) is 65.3 Å². The van der Waals surface area contributed by atoms with Crippen LogP contribution in [0.4, 0.5) is 0 Å². The highest BCUT2D eigenvalue weighted by atomic mass is 79.9. The molecule has 0 N–H and O–H groups in total. The van der Waals surface area contributed by atoms with Crippen LogP contribution >= 0.6 is 15.9 Å². The molecule has 0 radical (unpaired) electrons. The second-order valence-electron chi connectivity index (χ2n) is 8.28. The van der Waals surface area contributed by atoms with Crippen LogP contribution in [-0.2, 0) is 0 Å². The molecule has 6 heteroatoms. The van der Waals surface area contributed by atoms with Gasteiger partial charge < -0.3 is 4.57 Å². The summed E-state index contributed by atoms with van der Waals surface area (Å²) in [5.74, 6) is 0.754. The summed E-state index contributed by atoms with van der Waals surface area (Å²) in [4.78, 5) is 17.9. The Morgan fingerprint density at radius 1 is 1.21 bits per heavy atom. The standard InChI is InChI=1S/C23H27BrN4O/c1-14(2)22-26-21-10-9-18(24)12-20(21)23(29)28(22)25-13-17-11-15(3)27(16(17)4)19-7-5-6-8-19/h9-14,19H,5-8H2,1-4H3. The lowest BCUT2D eigenvalue weighted by Gasteiger charge is -2.17. The summed E-state index contributed by atoms with van der Waals surface area (Å²) in [7, 11) is 0. The summed E-state index contributed by atoms with van der Waals surface area (Å²) in [6.45, 7) is 8.37. The third kappa shape index (κ3) is 3.70. The molecule has 0 bridgehead atoms. The van der Waals surface area contributed by atoms with E-state index in [1.165, 1.54) is 41.7 Å². The molecule has 0 spiro atoms. The van der Waals surface area contributed by atoms with E-state index >= 15 is 0 Å². The molecule has 1 aliphatic carbocycles. The van der Waals surface area contributed by atoms with Crippen LogP contribution in [0.5, 0.6) is 0 Å². The molecule has 2 aromatic heterocycles. The van der Waals surface area contributed by atoms with Gasteiger partial charge in [0.2, 0.25) is 0 Å². The van der Waals surface area contributed by atoms with E-state index in [0.717, 1.165) is 10.0 Å². The first-order valence-electron chi connectivity index (χ1n) is 10.3. The molecule has 1 aliphatic rings. The highest BCUT2D eigenvalue weighted by Gasteiger charge is 2.21. The van der Waals surface area contributed by atoms with E-state index in [1.54, 1.807) is 0 Å². The van der Waals surface area contributed by atoms with Crippen LogP contribution in [0.2, 0.25) is 0 Å². The maximum Gasteiger partial charge on any atom is 0.282 e. The first-order valence-corrected chi connectivity index (χ1v) is 11.1. The molecule has 0 amide bonds. The highest BCUT2D eigenvalue weighted by Crippen LogP contribution is 2.33. The van der Waals surface area contributed by atoms with Crippen molar-refractivity contribution in [2.24, 2.45) is 5.10 Å². The normalized spacial score (nSPS) is 15.4. The van der Waals surface area contributed by atoms with Crippen molar-refractivity contribution < 1.29 is 0 Å². The molecular weight excluding hydrogens is 428 g/mol. The quantitative estimate of drug-likeness (QED) is 0.474. The third-order valence-electron chi connectivity index (χ3n) is 5.88. The molecule has 1 saturated carbocycles. The molecule has 0 saturated heterocycles. The predicted molar refractivity (Wildman–Crippen MR) is 122 cm³/mol. The maximum atomic E-state index is 13.2. The van der Waals surface area contributed by atoms with Gasteiger partial charge in [0.25, 0.3) is 5.56 Å². The average molecular weight is 455 g/mol. The zero-order chi connectivity index (χ0) is 20.7. The van der Waals surface area contributed by atoms with Gasteiger partial charge in [-0.05, 0) is 51.0 Å². The van der Waals surface area contributed by atoms with Crippen molar-refractivity contribution >= 4 is 33.0 Å². The zero-order valence-corrected chi connectivity index (χ0v) is 19.0. The Labute approximate surface area is 179 Å². The van der Waals surface area contributed by atoms with Crippen LogP contribution in [0.3, 0.4) is 0 Å². The number of aryl methyl sites for hydroxylation is 1. The Balaban J connectivity index is 1.81. The Morgan fingerprint density at radius 3 is 2.62 bits per heavy atom. The molecular formula is C23H27BrN4O. The van der Waals surface area contributed by atoms with E-state index in [1.807, 2.05) is 38.3 Å². The van der Waals surface area contributed by atoms with E-state index < -0.39 is 0 Å². The maximum absolute atomic E-state index is 13.2. The van der Waals surface area contributed by atoms with Gasteiger partial charge in [-0.15, -0.1) is 0 Å². The fourth-order valence-corrected chi connectivity index (χ4v) is 4.79. The number of halogens is 1. The van der Waals surface area contributed by atoms with E-state index in [4.69, 9.17) is 4.98 Å². The molecule has 4 rings (SSSR count). The molecule has 2 heterocycles. The van der Waals surface area contributed by atoms with E-state index in [9.17, 15) is 4.79 Å². The lowest BCUT2D eigenvalue weighted by atomic mass is 10.2. The summed E-state index contributed by atoms with van der Waals surface area (Å²) >= 11 is 3.45. The van der Waals surface area contributed by atoms with Crippen LogP contribution in [0.1, 0.15) is 74.3 Å². The van der Waals surface area contributed by atoms with Gasteiger partial charge in [0.1, 0.15) is 5.82 Å². The minimum atomic E-state index is -0.138. The fraction of sp³-hybridized carbons (Fsp3) is 0.435. The van der Waals surface area contributed by atoms with Gasteiger partial charge in [-0.3, -0.25) is 4.79 Å². The fourth-order valence-electron chi connectivity index (χ4n) is 4.43. The van der Waals surface area contributed by atoms with Gasteiger partial charge in [0.05, 0.1) is 17.1 Å². The van der Waals surface area contributed by atoms with Gasteiger partial charge in [0.15, 0.2) is 0 Å². The van der Waals surface area contributed by atoms with Crippen molar-refractivity contribution in [2.75, 3.05) is 0 Å². The van der Waals surface area contributed by atoms with Crippen molar-refractivity contribution in [1.82, 2.24) is 14.2 Å². The molecule has 3 aromatic rings. The number of nitrogens with zero attached hydrogens (tertiary/aromatic N) is 4. The Hall–Kier alpha value is -2.21. The summed E-state index contributed by atoms with van der Waals surface area (Å²) in [5, 5.41) is 5.17. The highest BCUT2D eigenvalue weighted by molar-refractivity contribution is 9.10. The number of rotatable bonds is 4. The minimum Gasteiger partial charge on any atom is -0.345 e. The van der Waals surface area contributed by atoms with E-state index in [-0.39, 0.29) is 11.5 Å². The molecule has 1 aromatic carbocycles. The predicted octanol–water partition coefficient (Wildman–Crippen LogP) is 5.70. The van der Waals surface area contributed by atoms with Crippen LogP contribution < -0.4 is 5.56 Å². The van der Waals surface area contributed by atoms with Crippen LogP contribution in [0.25, 0.3) is 10.9 Å². The zero-order valence-electron chi connectivity index (χ0n) is 17.4. The number of aromatic nitrogens is 3. The first kappa shape index (κ1) is 20.1. The van der Waals surface area contributed by atoms with Gasteiger partial charge >= 0.3 is 0 Å². The topological polar surface area (TPSA) is 52.2 Å². The van der Waals surface area contributed by atoms with Crippen molar-refractivity contribution in [3.63, 3.8) is 0 Å². The second-order valence-corrected chi connectivity index (χ2v) is 9.20. The lowest BCUT2D eigenvalue weighted by Crippen LogP contribution is -2.23. The van der Waals surface area contributed by atoms with Crippen LogP contribution in [0, 0.1) is 13.8 Å². The SMILES string of the molecule is Cc1cc(C=Nn2c(C(C)C)nc3ccc(Br)cc3c2=O)c(C)n1C1CCCC1. The van der Waals surface area contributed by atoms with Gasteiger partial charge in [-0.2, -0.15) is 9.78 Å². The Morgan fingerprint density at radius 2 is 1.93 bits per heavy atom. The second kappa shape index (κ2) is 7.90. The van der Waals surface area contributed by atoms with Gasteiger partial charge in [0, 0.05) is 33.4 Å². The number of benzene rings is 1. The van der Waals surface area contributed by atoms with E-state index in [0.29, 0.717) is 22.8 Å². The van der Waals surface area contributed by atoms with Crippen molar-refractivity contribution in [3.8, 4) is 0 Å².